The molecule has 2 aliphatic rings. The highest BCUT2D eigenvalue weighted by Gasteiger charge is 2.30. The summed E-state index contributed by atoms with van der Waals surface area (Å²) in [4.78, 5) is 25.7. The third-order valence-electron chi connectivity index (χ3n) is 5.92. The molecule has 1 aromatic rings. The van der Waals surface area contributed by atoms with Gasteiger partial charge in [-0.05, 0) is 31.6 Å². The molecule has 0 bridgehead atoms. The van der Waals surface area contributed by atoms with Crippen molar-refractivity contribution < 1.29 is 13.2 Å². The second-order valence-corrected chi connectivity index (χ2v) is 10.6. The molecule has 0 saturated carbocycles. The van der Waals surface area contributed by atoms with E-state index in [0.717, 1.165) is 38.8 Å². The zero-order chi connectivity index (χ0) is 20.5. The van der Waals surface area contributed by atoms with Gasteiger partial charge in [-0.1, -0.05) is 20.8 Å². The third-order valence-corrected chi connectivity index (χ3v) is 7.04. The van der Waals surface area contributed by atoms with Gasteiger partial charge in [0.05, 0.1) is 11.9 Å². The monoisotopic (exact) mass is 408 g/mol. The van der Waals surface area contributed by atoms with Crippen LogP contribution in [0.1, 0.15) is 58.1 Å². The van der Waals surface area contributed by atoms with Crippen molar-refractivity contribution >= 4 is 21.7 Å². The second-order valence-electron chi connectivity index (χ2n) is 8.62. The zero-order valence-corrected chi connectivity index (χ0v) is 18.2. The van der Waals surface area contributed by atoms with Crippen molar-refractivity contribution in [3.05, 3.63) is 11.9 Å². The molecule has 7 nitrogen and oxygen atoms in total. The summed E-state index contributed by atoms with van der Waals surface area (Å²) in [5, 5.41) is 0. The van der Waals surface area contributed by atoms with Crippen molar-refractivity contribution in [3.8, 4) is 0 Å². The number of piperidine rings is 2. The quantitative estimate of drug-likeness (QED) is 0.761. The number of hydrogen-bond acceptors (Lipinski definition) is 6. The minimum atomic E-state index is -3.41. The maximum Gasteiger partial charge on any atom is 0.225 e. The van der Waals surface area contributed by atoms with Crippen LogP contribution in [0.4, 0.5) is 5.95 Å². The van der Waals surface area contributed by atoms with Crippen LogP contribution in [0.3, 0.4) is 0 Å². The van der Waals surface area contributed by atoms with Crippen LogP contribution in [-0.2, 0) is 14.6 Å². The fourth-order valence-corrected chi connectivity index (χ4v) is 4.89. The minimum Gasteiger partial charge on any atom is -0.342 e. The Morgan fingerprint density at radius 1 is 1.11 bits per heavy atom. The lowest BCUT2D eigenvalue weighted by atomic mass is 9.92. The number of aromatic nitrogens is 2. The van der Waals surface area contributed by atoms with Crippen molar-refractivity contribution in [3.63, 3.8) is 0 Å². The normalized spacial score (nSPS) is 20.0. The molecule has 2 saturated heterocycles. The average Bonchev–Trinajstić information content (AvgIpc) is 2.67. The van der Waals surface area contributed by atoms with Gasteiger partial charge in [-0.2, -0.15) is 0 Å². The van der Waals surface area contributed by atoms with E-state index in [0.29, 0.717) is 30.6 Å². The van der Waals surface area contributed by atoms with Crippen molar-refractivity contribution in [1.29, 1.82) is 0 Å². The molecular weight excluding hydrogens is 376 g/mol. The van der Waals surface area contributed by atoms with Crippen LogP contribution in [0, 0.1) is 11.8 Å². The first kappa shape index (κ1) is 21.0. The van der Waals surface area contributed by atoms with Gasteiger partial charge in [0.2, 0.25) is 11.9 Å². The van der Waals surface area contributed by atoms with E-state index >= 15 is 0 Å². The molecule has 0 N–H and O–H groups in total. The van der Waals surface area contributed by atoms with Crippen LogP contribution in [0.25, 0.3) is 0 Å². The lowest BCUT2D eigenvalue weighted by molar-refractivity contribution is -0.135. The lowest BCUT2D eigenvalue weighted by Crippen LogP contribution is -2.40. The fraction of sp³-hybridized carbons (Fsp3) is 0.750. The molecular formula is C20H32N4O3S. The number of anilines is 1. The Morgan fingerprint density at radius 2 is 1.71 bits per heavy atom. The van der Waals surface area contributed by atoms with Crippen LogP contribution in [0.15, 0.2) is 11.1 Å². The van der Waals surface area contributed by atoms with Crippen molar-refractivity contribution in [2.24, 2.45) is 11.8 Å². The standard InChI is InChI=1S/C20H32N4O3S/c1-14(2)19(25)23-11-7-16(8-12-23)18-17(28(4,26)27)13-21-20(22-18)24-9-5-15(3)6-10-24/h13-16H,5-12H2,1-4H3. The number of likely N-dealkylation sites (tertiary alicyclic amines) is 1. The summed E-state index contributed by atoms with van der Waals surface area (Å²) in [7, 11) is -3.41. The predicted molar refractivity (Wildman–Crippen MR) is 109 cm³/mol. The lowest BCUT2D eigenvalue weighted by Gasteiger charge is -2.34. The summed E-state index contributed by atoms with van der Waals surface area (Å²) in [6, 6.07) is 0. The van der Waals surface area contributed by atoms with E-state index in [9.17, 15) is 13.2 Å². The van der Waals surface area contributed by atoms with E-state index in [4.69, 9.17) is 4.98 Å². The first-order valence-electron chi connectivity index (χ1n) is 10.3. The van der Waals surface area contributed by atoms with Crippen molar-refractivity contribution in [2.45, 2.75) is 57.3 Å². The topological polar surface area (TPSA) is 83.5 Å². The molecule has 3 heterocycles. The first-order valence-corrected chi connectivity index (χ1v) is 12.2. The Bertz CT molecular complexity index is 809. The Hall–Kier alpha value is -1.70. The molecule has 0 unspecified atom stereocenters. The highest BCUT2D eigenvalue weighted by Crippen LogP contribution is 2.33. The predicted octanol–water partition coefficient (Wildman–Crippen LogP) is 2.48. The highest BCUT2D eigenvalue weighted by molar-refractivity contribution is 7.90. The number of amides is 1. The van der Waals surface area contributed by atoms with Gasteiger partial charge in [0.1, 0.15) is 4.90 Å². The van der Waals surface area contributed by atoms with E-state index in [1.165, 1.54) is 12.5 Å². The number of hydrogen-bond donors (Lipinski definition) is 0. The molecule has 2 fully saturated rings. The van der Waals surface area contributed by atoms with E-state index in [-0.39, 0.29) is 22.6 Å². The number of nitrogens with zero attached hydrogens (tertiary/aromatic N) is 4. The summed E-state index contributed by atoms with van der Waals surface area (Å²) in [6.45, 7) is 9.17. The molecule has 0 aliphatic carbocycles. The molecule has 1 amide bonds. The molecule has 156 valence electrons. The third kappa shape index (κ3) is 4.64. The molecule has 28 heavy (non-hydrogen) atoms. The molecule has 0 aromatic carbocycles. The van der Waals surface area contributed by atoms with E-state index in [2.05, 4.69) is 16.8 Å². The number of sulfone groups is 1. The van der Waals surface area contributed by atoms with E-state index in [1.807, 2.05) is 18.7 Å². The first-order chi connectivity index (χ1) is 13.2. The van der Waals surface area contributed by atoms with Gasteiger partial charge in [-0.3, -0.25) is 4.79 Å². The molecule has 0 spiro atoms. The van der Waals surface area contributed by atoms with Gasteiger partial charge in [0.25, 0.3) is 0 Å². The molecule has 1 aromatic heterocycles. The summed E-state index contributed by atoms with van der Waals surface area (Å²) < 4.78 is 24.7. The van der Waals surface area contributed by atoms with Gasteiger partial charge >= 0.3 is 0 Å². The second kappa shape index (κ2) is 8.35. The number of carbonyl (C=O) groups is 1. The van der Waals surface area contributed by atoms with Gasteiger partial charge in [0, 0.05) is 44.3 Å². The van der Waals surface area contributed by atoms with Crippen LogP contribution in [0.2, 0.25) is 0 Å². The fourth-order valence-electron chi connectivity index (χ4n) is 4.05. The van der Waals surface area contributed by atoms with Crippen LogP contribution in [0.5, 0.6) is 0 Å². The largest absolute Gasteiger partial charge is 0.342 e. The Kier molecular flexibility index (Phi) is 6.27. The maximum absolute atomic E-state index is 12.3. The molecule has 8 heteroatoms. The number of carbonyl (C=O) groups excluding carboxylic acids is 1. The number of rotatable bonds is 4. The maximum atomic E-state index is 12.3. The summed E-state index contributed by atoms with van der Waals surface area (Å²) in [5.41, 5.74) is 0.628. The highest BCUT2D eigenvalue weighted by atomic mass is 32.2. The Labute approximate surface area is 168 Å². The minimum absolute atomic E-state index is 0.0183. The van der Waals surface area contributed by atoms with Gasteiger partial charge < -0.3 is 9.80 Å². The molecule has 3 rings (SSSR count). The van der Waals surface area contributed by atoms with Crippen LogP contribution in [-0.4, -0.2) is 61.6 Å². The average molecular weight is 409 g/mol. The van der Waals surface area contributed by atoms with Gasteiger partial charge in [-0.25, -0.2) is 18.4 Å². The van der Waals surface area contributed by atoms with Gasteiger partial charge in [-0.15, -0.1) is 0 Å². The Morgan fingerprint density at radius 3 is 2.25 bits per heavy atom. The van der Waals surface area contributed by atoms with E-state index < -0.39 is 9.84 Å². The van der Waals surface area contributed by atoms with Gasteiger partial charge in [0.15, 0.2) is 9.84 Å². The summed E-state index contributed by atoms with van der Waals surface area (Å²) in [6.07, 6.45) is 6.36. The van der Waals surface area contributed by atoms with E-state index in [1.54, 1.807) is 0 Å². The Balaban J connectivity index is 1.84. The smallest absolute Gasteiger partial charge is 0.225 e. The molecule has 2 aliphatic heterocycles. The summed E-state index contributed by atoms with van der Waals surface area (Å²) >= 11 is 0. The van der Waals surface area contributed by atoms with Crippen LogP contribution < -0.4 is 4.90 Å². The summed E-state index contributed by atoms with van der Waals surface area (Å²) in [5.74, 6) is 1.51. The molecule has 0 atom stereocenters. The van der Waals surface area contributed by atoms with Crippen molar-refractivity contribution in [1.82, 2.24) is 14.9 Å². The molecule has 0 radical (unpaired) electrons. The SMILES string of the molecule is CC1CCN(c2ncc(S(C)(=O)=O)c(C3CCN(C(=O)C(C)C)CC3)n2)CC1. The van der Waals surface area contributed by atoms with Crippen molar-refractivity contribution in [2.75, 3.05) is 37.3 Å². The zero-order valence-electron chi connectivity index (χ0n) is 17.4. The van der Waals surface area contributed by atoms with Crippen LogP contribution >= 0.6 is 0 Å².